The highest BCUT2D eigenvalue weighted by Gasteiger charge is 2.40. The van der Waals surface area contributed by atoms with Crippen molar-refractivity contribution in [3.63, 3.8) is 0 Å². The zero-order valence-corrected chi connectivity index (χ0v) is 15.6. The van der Waals surface area contributed by atoms with Gasteiger partial charge in [-0.25, -0.2) is 4.79 Å². The summed E-state index contributed by atoms with van der Waals surface area (Å²) in [6, 6.07) is 18.4. The van der Waals surface area contributed by atoms with Gasteiger partial charge in [-0.3, -0.25) is 0 Å². The molecule has 5 heteroatoms. The van der Waals surface area contributed by atoms with Crippen molar-refractivity contribution in [1.82, 2.24) is 10.2 Å². The van der Waals surface area contributed by atoms with Gasteiger partial charge in [0, 0.05) is 37.9 Å². The fraction of sp³-hybridized carbons (Fsp3) is 0.409. The van der Waals surface area contributed by atoms with Gasteiger partial charge in [0.25, 0.3) is 0 Å². The van der Waals surface area contributed by atoms with Crippen LogP contribution in [0.15, 0.2) is 54.6 Å². The second kappa shape index (κ2) is 7.91. The van der Waals surface area contributed by atoms with Gasteiger partial charge in [-0.1, -0.05) is 42.5 Å². The average Bonchev–Trinajstić information content (AvgIpc) is 3.48. The Labute approximate surface area is 160 Å². The lowest BCUT2D eigenvalue weighted by molar-refractivity contribution is 0.108. The number of hydrogen-bond acceptors (Lipinski definition) is 3. The fourth-order valence-corrected chi connectivity index (χ4v) is 3.75. The molecule has 2 amide bonds. The third-order valence-corrected chi connectivity index (χ3v) is 5.42. The Kier molecular flexibility index (Phi) is 5.19. The molecule has 1 saturated heterocycles. The first kappa shape index (κ1) is 17.7. The van der Waals surface area contributed by atoms with Gasteiger partial charge in [0.05, 0.1) is 7.11 Å². The Balaban J connectivity index is 1.24. The molecule has 2 fully saturated rings. The maximum absolute atomic E-state index is 12.5. The second-order valence-electron chi connectivity index (χ2n) is 7.26. The summed E-state index contributed by atoms with van der Waals surface area (Å²) < 4.78 is 11.4. The molecule has 1 aliphatic carbocycles. The van der Waals surface area contributed by atoms with Gasteiger partial charge in [0.15, 0.2) is 11.5 Å². The molecule has 4 rings (SSSR count). The van der Waals surface area contributed by atoms with E-state index in [0.717, 1.165) is 30.8 Å². The quantitative estimate of drug-likeness (QED) is 0.876. The minimum atomic E-state index is 0.0502. The number of methoxy groups -OCH3 is 1. The van der Waals surface area contributed by atoms with Crippen molar-refractivity contribution in [2.45, 2.75) is 37.3 Å². The molecule has 2 aromatic rings. The van der Waals surface area contributed by atoms with Gasteiger partial charge in [-0.05, 0) is 24.1 Å². The molecule has 0 unspecified atom stereocenters. The third-order valence-electron chi connectivity index (χ3n) is 5.42. The van der Waals surface area contributed by atoms with E-state index in [1.165, 1.54) is 5.56 Å². The Bertz CT molecular complexity index is 772. The first-order valence-electron chi connectivity index (χ1n) is 9.64. The van der Waals surface area contributed by atoms with Crippen LogP contribution in [-0.4, -0.2) is 43.3 Å². The van der Waals surface area contributed by atoms with Gasteiger partial charge in [-0.15, -0.1) is 0 Å². The zero-order valence-electron chi connectivity index (χ0n) is 15.6. The van der Waals surface area contributed by atoms with Crippen LogP contribution in [0.4, 0.5) is 4.79 Å². The Hall–Kier alpha value is -2.69. The molecule has 1 aliphatic heterocycles. The van der Waals surface area contributed by atoms with Crippen LogP contribution in [0.2, 0.25) is 0 Å². The highest BCUT2D eigenvalue weighted by atomic mass is 16.5. The zero-order chi connectivity index (χ0) is 18.6. The molecule has 1 saturated carbocycles. The number of amides is 2. The number of ether oxygens (including phenoxy) is 2. The van der Waals surface area contributed by atoms with Crippen molar-refractivity contribution in [1.29, 1.82) is 0 Å². The van der Waals surface area contributed by atoms with Crippen LogP contribution in [-0.2, 0) is 0 Å². The fourth-order valence-electron chi connectivity index (χ4n) is 3.75. The first-order chi connectivity index (χ1) is 13.2. The number of nitrogens with zero attached hydrogens (tertiary/aromatic N) is 1. The summed E-state index contributed by atoms with van der Waals surface area (Å²) in [4.78, 5) is 14.5. The molecule has 142 valence electrons. The van der Waals surface area contributed by atoms with Gasteiger partial charge < -0.3 is 19.7 Å². The molecule has 27 heavy (non-hydrogen) atoms. The summed E-state index contributed by atoms with van der Waals surface area (Å²) in [6.45, 7) is 1.43. The van der Waals surface area contributed by atoms with Crippen LogP contribution < -0.4 is 14.8 Å². The molecule has 0 aromatic heterocycles. The van der Waals surface area contributed by atoms with Crippen LogP contribution in [0, 0.1) is 0 Å². The number of rotatable bonds is 5. The monoisotopic (exact) mass is 366 g/mol. The van der Waals surface area contributed by atoms with Gasteiger partial charge in [0.1, 0.15) is 6.10 Å². The van der Waals surface area contributed by atoms with E-state index < -0.39 is 0 Å². The van der Waals surface area contributed by atoms with Crippen molar-refractivity contribution in [3.8, 4) is 11.5 Å². The van der Waals surface area contributed by atoms with Gasteiger partial charge in [0.2, 0.25) is 0 Å². The van der Waals surface area contributed by atoms with E-state index in [1.54, 1.807) is 7.11 Å². The Morgan fingerprint density at radius 3 is 2.37 bits per heavy atom. The van der Waals surface area contributed by atoms with Crippen molar-refractivity contribution < 1.29 is 14.3 Å². The van der Waals surface area contributed by atoms with Crippen LogP contribution >= 0.6 is 0 Å². The second-order valence-corrected chi connectivity index (χ2v) is 7.26. The number of hydrogen-bond donors (Lipinski definition) is 1. The molecule has 2 atom stereocenters. The summed E-state index contributed by atoms with van der Waals surface area (Å²) in [6.07, 6.45) is 2.81. The summed E-state index contributed by atoms with van der Waals surface area (Å²) in [5.41, 5.74) is 1.31. The SMILES string of the molecule is COc1ccccc1OC1CCN(C(=O)N[C@H]2C[C@@H]2c2ccccc2)CC1. The molecule has 0 spiro atoms. The smallest absolute Gasteiger partial charge is 0.317 e. The minimum Gasteiger partial charge on any atom is -0.493 e. The maximum atomic E-state index is 12.5. The Morgan fingerprint density at radius 2 is 1.67 bits per heavy atom. The van der Waals surface area contributed by atoms with Gasteiger partial charge >= 0.3 is 6.03 Å². The number of benzene rings is 2. The molecule has 1 heterocycles. The summed E-state index contributed by atoms with van der Waals surface area (Å²) in [7, 11) is 1.65. The lowest BCUT2D eigenvalue weighted by Gasteiger charge is -2.32. The molecular weight excluding hydrogens is 340 g/mol. The van der Waals surface area contributed by atoms with E-state index in [2.05, 4.69) is 29.6 Å². The van der Waals surface area contributed by atoms with Crippen molar-refractivity contribution in [2.24, 2.45) is 0 Å². The van der Waals surface area contributed by atoms with E-state index in [1.807, 2.05) is 35.2 Å². The number of carbonyl (C=O) groups is 1. The topological polar surface area (TPSA) is 50.8 Å². The van der Waals surface area contributed by atoms with Crippen molar-refractivity contribution >= 4 is 6.03 Å². The number of carbonyl (C=O) groups excluding carboxylic acids is 1. The highest BCUT2D eigenvalue weighted by molar-refractivity contribution is 5.75. The number of para-hydroxylation sites is 2. The summed E-state index contributed by atoms with van der Waals surface area (Å²) in [5.74, 6) is 1.98. The first-order valence-corrected chi connectivity index (χ1v) is 9.64. The largest absolute Gasteiger partial charge is 0.493 e. The normalized spacial score (nSPS) is 22.2. The van der Waals surface area contributed by atoms with Gasteiger partial charge in [-0.2, -0.15) is 0 Å². The van der Waals surface area contributed by atoms with Crippen LogP contribution in [0.5, 0.6) is 11.5 Å². The van der Waals surface area contributed by atoms with E-state index in [-0.39, 0.29) is 18.2 Å². The van der Waals surface area contributed by atoms with E-state index >= 15 is 0 Å². The highest BCUT2D eigenvalue weighted by Crippen LogP contribution is 2.40. The lowest BCUT2D eigenvalue weighted by atomic mass is 10.1. The van der Waals surface area contributed by atoms with E-state index in [4.69, 9.17) is 9.47 Å². The summed E-state index contributed by atoms with van der Waals surface area (Å²) >= 11 is 0. The molecule has 2 aromatic carbocycles. The molecule has 0 bridgehead atoms. The van der Waals surface area contributed by atoms with Crippen molar-refractivity contribution in [2.75, 3.05) is 20.2 Å². The number of urea groups is 1. The summed E-state index contributed by atoms with van der Waals surface area (Å²) in [5, 5.41) is 3.18. The lowest BCUT2D eigenvalue weighted by Crippen LogP contribution is -2.47. The average molecular weight is 366 g/mol. The molecule has 2 aliphatic rings. The van der Waals surface area contributed by atoms with Crippen LogP contribution in [0.25, 0.3) is 0 Å². The van der Waals surface area contributed by atoms with Crippen molar-refractivity contribution in [3.05, 3.63) is 60.2 Å². The Morgan fingerprint density at radius 1 is 1.00 bits per heavy atom. The number of likely N-dealkylation sites (tertiary alicyclic amines) is 1. The van der Waals surface area contributed by atoms with Crippen LogP contribution in [0.1, 0.15) is 30.7 Å². The number of piperidine rings is 1. The minimum absolute atomic E-state index is 0.0502. The van der Waals surface area contributed by atoms with E-state index in [0.29, 0.717) is 19.0 Å². The molecular formula is C22H26N2O3. The third kappa shape index (κ3) is 4.18. The predicted molar refractivity (Wildman–Crippen MR) is 104 cm³/mol. The predicted octanol–water partition coefficient (Wildman–Crippen LogP) is 3.80. The maximum Gasteiger partial charge on any atom is 0.317 e. The molecule has 0 radical (unpaired) electrons. The number of nitrogens with one attached hydrogen (secondary N) is 1. The molecule has 1 N–H and O–H groups in total. The van der Waals surface area contributed by atoms with E-state index in [9.17, 15) is 4.79 Å². The molecule has 5 nitrogen and oxygen atoms in total. The standard InChI is InChI=1S/C22H26N2O3/c1-26-20-9-5-6-10-21(20)27-17-11-13-24(14-12-17)22(25)23-19-15-18(19)16-7-3-2-4-8-16/h2-10,17-19H,11-15H2,1H3,(H,23,25)/t18-,19+/m1/s1. The van der Waals surface area contributed by atoms with Crippen LogP contribution in [0.3, 0.4) is 0 Å².